The van der Waals surface area contributed by atoms with E-state index in [1.807, 2.05) is 24.3 Å². The molecular weight excluding hydrogens is 375 g/mol. The number of rotatable bonds is 6. The molecule has 2 aromatic rings. The minimum Gasteiger partial charge on any atom is -0.299 e. The Bertz CT molecular complexity index is 868. The Labute approximate surface area is 159 Å². The molecule has 140 valence electrons. The lowest BCUT2D eigenvalue weighted by Gasteiger charge is -2.27. The number of nitrogens with zero attached hydrogens (tertiary/aromatic N) is 1. The van der Waals surface area contributed by atoms with Crippen molar-refractivity contribution >= 4 is 21.6 Å². The van der Waals surface area contributed by atoms with Crippen LogP contribution in [0.4, 0.5) is 4.39 Å². The van der Waals surface area contributed by atoms with Gasteiger partial charge in [0.15, 0.2) is 0 Å². The fourth-order valence-corrected chi connectivity index (χ4v) is 4.41. The molecule has 0 unspecified atom stereocenters. The van der Waals surface area contributed by atoms with Gasteiger partial charge in [0.2, 0.25) is 10.0 Å². The molecule has 1 saturated heterocycles. The Balaban J connectivity index is 1.72. The van der Waals surface area contributed by atoms with E-state index < -0.39 is 20.7 Å². The van der Waals surface area contributed by atoms with Crippen LogP contribution in [0.1, 0.15) is 30.4 Å². The fraction of sp³-hybridized carbons (Fsp3) is 0.368. The van der Waals surface area contributed by atoms with E-state index in [9.17, 15) is 12.8 Å². The molecule has 1 fully saturated rings. The number of hydrogen-bond acceptors (Lipinski definition) is 3. The van der Waals surface area contributed by atoms with Crippen molar-refractivity contribution in [2.75, 3.05) is 13.1 Å². The van der Waals surface area contributed by atoms with Crippen LogP contribution in [-0.4, -0.2) is 26.4 Å². The second kappa shape index (κ2) is 8.48. The van der Waals surface area contributed by atoms with E-state index in [0.29, 0.717) is 0 Å². The SMILES string of the molecule is O=S(=O)(NCc1ccccc1CN1CCCCC1)c1ccc(Cl)cc1F. The van der Waals surface area contributed by atoms with Crippen LogP contribution < -0.4 is 4.72 Å². The van der Waals surface area contributed by atoms with E-state index in [0.717, 1.165) is 36.8 Å². The van der Waals surface area contributed by atoms with Gasteiger partial charge in [-0.1, -0.05) is 42.3 Å². The molecule has 0 aromatic heterocycles. The Morgan fingerprint density at radius 2 is 1.73 bits per heavy atom. The van der Waals surface area contributed by atoms with Gasteiger partial charge in [-0.15, -0.1) is 0 Å². The molecule has 0 aliphatic carbocycles. The van der Waals surface area contributed by atoms with Crippen LogP contribution in [0.15, 0.2) is 47.4 Å². The monoisotopic (exact) mass is 396 g/mol. The normalized spacial score (nSPS) is 15.9. The highest BCUT2D eigenvalue weighted by molar-refractivity contribution is 7.89. The molecule has 3 rings (SSSR count). The number of nitrogens with one attached hydrogen (secondary N) is 1. The third-order valence-electron chi connectivity index (χ3n) is 4.60. The van der Waals surface area contributed by atoms with Crippen molar-refractivity contribution in [2.24, 2.45) is 0 Å². The van der Waals surface area contributed by atoms with Crippen LogP contribution in [-0.2, 0) is 23.1 Å². The average Bonchev–Trinajstić information content (AvgIpc) is 2.61. The highest BCUT2D eigenvalue weighted by atomic mass is 35.5. The van der Waals surface area contributed by atoms with Crippen molar-refractivity contribution < 1.29 is 12.8 Å². The number of piperidine rings is 1. The Morgan fingerprint density at radius 3 is 2.42 bits per heavy atom. The van der Waals surface area contributed by atoms with Gasteiger partial charge in [0, 0.05) is 18.1 Å². The largest absolute Gasteiger partial charge is 0.299 e. The van der Waals surface area contributed by atoms with E-state index in [1.165, 1.54) is 31.4 Å². The minimum absolute atomic E-state index is 0.119. The first-order valence-corrected chi connectivity index (χ1v) is 10.6. The number of likely N-dealkylation sites (tertiary alicyclic amines) is 1. The first kappa shape index (κ1) is 19.3. The van der Waals surface area contributed by atoms with E-state index in [2.05, 4.69) is 9.62 Å². The zero-order valence-corrected chi connectivity index (χ0v) is 16.0. The van der Waals surface area contributed by atoms with E-state index >= 15 is 0 Å². The van der Waals surface area contributed by atoms with E-state index in [4.69, 9.17) is 11.6 Å². The second-order valence-electron chi connectivity index (χ2n) is 6.50. The molecule has 1 heterocycles. The predicted octanol–water partition coefficient (Wildman–Crippen LogP) is 3.94. The van der Waals surface area contributed by atoms with Gasteiger partial charge in [-0.05, 0) is 55.3 Å². The quantitative estimate of drug-likeness (QED) is 0.804. The van der Waals surface area contributed by atoms with Gasteiger partial charge in [-0.2, -0.15) is 0 Å². The van der Waals surface area contributed by atoms with Crippen molar-refractivity contribution in [1.29, 1.82) is 0 Å². The summed E-state index contributed by atoms with van der Waals surface area (Å²) in [5, 5.41) is 0.160. The number of halogens is 2. The maximum atomic E-state index is 13.9. The highest BCUT2D eigenvalue weighted by Gasteiger charge is 2.20. The number of benzene rings is 2. The summed E-state index contributed by atoms with van der Waals surface area (Å²) in [6.45, 7) is 3.05. The molecular formula is C19H22ClFN2O2S. The summed E-state index contributed by atoms with van der Waals surface area (Å²) in [5.74, 6) is -0.855. The van der Waals surface area contributed by atoms with Crippen LogP contribution in [0.3, 0.4) is 0 Å². The maximum Gasteiger partial charge on any atom is 0.243 e. The molecule has 0 atom stereocenters. The topological polar surface area (TPSA) is 49.4 Å². The molecule has 0 amide bonds. The van der Waals surface area contributed by atoms with Crippen LogP contribution in [0.2, 0.25) is 5.02 Å². The van der Waals surface area contributed by atoms with Crippen molar-refractivity contribution in [3.63, 3.8) is 0 Å². The summed E-state index contributed by atoms with van der Waals surface area (Å²) < 4.78 is 41.3. The van der Waals surface area contributed by atoms with Gasteiger partial charge in [0.05, 0.1) is 0 Å². The summed E-state index contributed by atoms with van der Waals surface area (Å²) in [5.41, 5.74) is 1.99. The molecule has 0 bridgehead atoms. The summed E-state index contributed by atoms with van der Waals surface area (Å²) in [6.07, 6.45) is 3.67. The average molecular weight is 397 g/mol. The molecule has 0 spiro atoms. The van der Waals surface area contributed by atoms with Crippen molar-refractivity contribution in [2.45, 2.75) is 37.2 Å². The van der Waals surface area contributed by atoms with Gasteiger partial charge < -0.3 is 0 Å². The molecule has 1 N–H and O–H groups in total. The molecule has 1 aliphatic heterocycles. The zero-order chi connectivity index (χ0) is 18.6. The highest BCUT2D eigenvalue weighted by Crippen LogP contribution is 2.20. The number of hydrogen-bond donors (Lipinski definition) is 1. The zero-order valence-electron chi connectivity index (χ0n) is 14.4. The third kappa shape index (κ3) is 4.82. The maximum absolute atomic E-state index is 13.9. The summed E-state index contributed by atoms with van der Waals surface area (Å²) >= 11 is 5.69. The van der Waals surface area contributed by atoms with Crippen molar-refractivity contribution in [3.8, 4) is 0 Å². The lowest BCUT2D eigenvalue weighted by Crippen LogP contribution is -2.30. The van der Waals surface area contributed by atoms with Crippen LogP contribution in [0.5, 0.6) is 0 Å². The second-order valence-corrected chi connectivity index (χ2v) is 8.68. The van der Waals surface area contributed by atoms with Gasteiger partial charge in [0.25, 0.3) is 0 Å². The summed E-state index contributed by atoms with van der Waals surface area (Å²) in [4.78, 5) is 1.99. The first-order chi connectivity index (χ1) is 12.5. The lowest BCUT2D eigenvalue weighted by molar-refractivity contribution is 0.220. The molecule has 4 nitrogen and oxygen atoms in total. The Kier molecular flexibility index (Phi) is 6.29. The fourth-order valence-electron chi connectivity index (χ4n) is 3.19. The molecule has 1 aliphatic rings. The molecule has 26 heavy (non-hydrogen) atoms. The van der Waals surface area contributed by atoms with Gasteiger partial charge in [-0.25, -0.2) is 17.5 Å². The Hall–Kier alpha value is -1.47. The smallest absolute Gasteiger partial charge is 0.243 e. The molecule has 0 saturated carbocycles. The molecule has 0 radical (unpaired) electrons. The predicted molar refractivity (Wildman–Crippen MR) is 101 cm³/mol. The number of sulfonamides is 1. The van der Waals surface area contributed by atoms with Gasteiger partial charge >= 0.3 is 0 Å². The van der Waals surface area contributed by atoms with E-state index in [1.54, 1.807) is 0 Å². The molecule has 2 aromatic carbocycles. The summed E-state index contributed by atoms with van der Waals surface area (Å²) in [6, 6.07) is 11.3. The van der Waals surface area contributed by atoms with Gasteiger partial charge in [-0.3, -0.25) is 4.90 Å². The minimum atomic E-state index is -3.95. The summed E-state index contributed by atoms with van der Waals surface area (Å²) in [7, 11) is -3.95. The molecule has 7 heteroatoms. The van der Waals surface area contributed by atoms with Crippen molar-refractivity contribution in [3.05, 3.63) is 64.4 Å². The lowest BCUT2D eigenvalue weighted by atomic mass is 10.1. The third-order valence-corrected chi connectivity index (χ3v) is 6.27. The van der Waals surface area contributed by atoms with Gasteiger partial charge in [0.1, 0.15) is 10.7 Å². The first-order valence-electron chi connectivity index (χ1n) is 8.69. The van der Waals surface area contributed by atoms with E-state index in [-0.39, 0.29) is 11.6 Å². The Morgan fingerprint density at radius 1 is 1.04 bits per heavy atom. The van der Waals surface area contributed by atoms with Crippen LogP contribution in [0, 0.1) is 5.82 Å². The van der Waals surface area contributed by atoms with Crippen molar-refractivity contribution in [1.82, 2.24) is 9.62 Å². The standard InChI is InChI=1S/C19H22ClFN2O2S/c20-17-8-9-19(18(21)12-17)26(24,25)22-13-15-6-2-3-7-16(15)14-23-10-4-1-5-11-23/h2-3,6-9,12,22H,1,4-5,10-11,13-14H2. The van der Waals surface area contributed by atoms with Crippen LogP contribution >= 0.6 is 11.6 Å². The van der Waals surface area contributed by atoms with Crippen LogP contribution in [0.25, 0.3) is 0 Å².